The highest BCUT2D eigenvalue weighted by atomic mass is 32.1. The van der Waals surface area contributed by atoms with Gasteiger partial charge in [0, 0.05) is 17.2 Å². The van der Waals surface area contributed by atoms with E-state index < -0.39 is 0 Å². The third-order valence-corrected chi connectivity index (χ3v) is 4.80. The van der Waals surface area contributed by atoms with Crippen LogP contribution in [0.25, 0.3) is 27.8 Å². The van der Waals surface area contributed by atoms with E-state index in [1.54, 1.807) is 40.2 Å². The van der Waals surface area contributed by atoms with Crippen molar-refractivity contribution >= 4 is 28.0 Å². The lowest BCUT2D eigenvalue weighted by molar-refractivity contribution is -0.640. The minimum absolute atomic E-state index is 0.429. The molecule has 3 aromatic heterocycles. The molecule has 5 aromatic rings. The van der Waals surface area contributed by atoms with Crippen LogP contribution in [0.15, 0.2) is 71.6 Å². The van der Waals surface area contributed by atoms with E-state index in [0.29, 0.717) is 27.3 Å². The van der Waals surface area contributed by atoms with Crippen molar-refractivity contribution in [3.63, 3.8) is 0 Å². The van der Waals surface area contributed by atoms with Gasteiger partial charge >= 0.3 is 0 Å². The van der Waals surface area contributed by atoms with Crippen LogP contribution >= 0.6 is 11.3 Å². The van der Waals surface area contributed by atoms with Crippen LogP contribution in [-0.2, 0) is 0 Å². The van der Waals surface area contributed by atoms with Crippen LogP contribution in [0.4, 0.5) is 0 Å². The number of rotatable bonds is 3. The first kappa shape index (κ1) is 14.9. The van der Waals surface area contributed by atoms with Gasteiger partial charge in [0.05, 0.1) is 11.8 Å². The Bertz CT molecular complexity index is 1220. The number of nitrogens with zero attached hydrogens (tertiary/aromatic N) is 4. The van der Waals surface area contributed by atoms with Gasteiger partial charge in [-0.15, -0.1) is 0 Å². The maximum absolute atomic E-state index is 12.4. The molecule has 0 spiro atoms. The van der Waals surface area contributed by atoms with Gasteiger partial charge in [0.1, 0.15) is 17.0 Å². The molecule has 0 radical (unpaired) electrons. The van der Waals surface area contributed by atoms with Gasteiger partial charge in [-0.1, -0.05) is 18.2 Å². The Morgan fingerprint density at radius 2 is 1.92 bits per heavy atom. The number of ether oxygens (including phenoxy) is 1. The standard InChI is InChI=1S/C19H12N4O2S/c24-23-17-7-6-15(25-14-4-2-1-3-5-14)10-18(17)22-19(21-23)16(11-20-22)13-8-9-26-12-13/h1-12H. The molecular weight excluding hydrogens is 348 g/mol. The molecule has 0 saturated heterocycles. The summed E-state index contributed by atoms with van der Waals surface area (Å²) >= 11 is 1.59. The van der Waals surface area contributed by atoms with Crippen molar-refractivity contribution in [3.8, 4) is 22.6 Å². The fourth-order valence-corrected chi connectivity index (χ4v) is 3.55. The second kappa shape index (κ2) is 5.82. The van der Waals surface area contributed by atoms with Crippen LogP contribution in [0.3, 0.4) is 0 Å². The summed E-state index contributed by atoms with van der Waals surface area (Å²) in [6.45, 7) is 0. The van der Waals surface area contributed by atoms with Crippen molar-refractivity contribution in [3.05, 3.63) is 76.8 Å². The van der Waals surface area contributed by atoms with Gasteiger partial charge < -0.3 is 9.94 Å². The largest absolute Gasteiger partial charge is 0.594 e. The summed E-state index contributed by atoms with van der Waals surface area (Å²) in [5.41, 5.74) is 3.40. The average molecular weight is 360 g/mol. The Kier molecular flexibility index (Phi) is 3.32. The van der Waals surface area contributed by atoms with E-state index in [2.05, 4.69) is 10.2 Å². The summed E-state index contributed by atoms with van der Waals surface area (Å²) in [4.78, 5) is 0.633. The van der Waals surface area contributed by atoms with Gasteiger partial charge in [0.15, 0.2) is 0 Å². The number of hydrogen-bond acceptors (Lipinski definition) is 5. The van der Waals surface area contributed by atoms with E-state index in [0.717, 1.165) is 16.9 Å². The van der Waals surface area contributed by atoms with Crippen molar-refractivity contribution < 1.29 is 9.58 Å². The molecule has 0 fully saturated rings. The van der Waals surface area contributed by atoms with Crippen molar-refractivity contribution in [2.45, 2.75) is 0 Å². The highest BCUT2D eigenvalue weighted by Gasteiger charge is 2.18. The topological polar surface area (TPSA) is 66.4 Å². The zero-order chi connectivity index (χ0) is 17.5. The monoisotopic (exact) mass is 360 g/mol. The number of hydrogen-bond donors (Lipinski definition) is 0. The Hall–Kier alpha value is -3.45. The molecule has 3 heterocycles. The molecule has 0 unspecified atom stereocenters. The van der Waals surface area contributed by atoms with Crippen molar-refractivity contribution in [1.82, 2.24) is 14.7 Å². The first-order chi connectivity index (χ1) is 12.8. The minimum atomic E-state index is 0.429. The summed E-state index contributed by atoms with van der Waals surface area (Å²) < 4.78 is 7.56. The molecule has 26 heavy (non-hydrogen) atoms. The molecule has 0 saturated carbocycles. The van der Waals surface area contributed by atoms with E-state index in [1.165, 1.54) is 0 Å². The van der Waals surface area contributed by atoms with Crippen molar-refractivity contribution in [1.29, 1.82) is 0 Å². The van der Waals surface area contributed by atoms with Crippen LogP contribution in [0, 0.1) is 5.21 Å². The van der Waals surface area contributed by atoms with Crippen LogP contribution in [0.1, 0.15) is 0 Å². The maximum Gasteiger partial charge on any atom is 0.270 e. The third-order valence-electron chi connectivity index (χ3n) is 4.12. The van der Waals surface area contributed by atoms with Crippen LogP contribution in [0.2, 0.25) is 0 Å². The summed E-state index contributed by atoms with van der Waals surface area (Å²) in [5, 5.41) is 25.0. The van der Waals surface area contributed by atoms with E-state index in [-0.39, 0.29) is 0 Å². The second-order valence-corrected chi connectivity index (χ2v) is 6.52. The second-order valence-electron chi connectivity index (χ2n) is 5.74. The molecule has 0 bridgehead atoms. The predicted octanol–water partition coefficient (Wildman–Crippen LogP) is 4.04. The molecule has 0 aliphatic heterocycles. The molecule has 0 aliphatic carbocycles. The average Bonchev–Trinajstić information content (AvgIpc) is 3.32. The SMILES string of the molecule is [O-][n+]1nc2c(-c3ccsc3)cnn2c2cc(Oc3ccccc3)ccc21. The lowest BCUT2D eigenvalue weighted by Crippen LogP contribution is -2.33. The molecule has 0 aliphatic rings. The molecule has 2 aromatic carbocycles. The first-order valence-electron chi connectivity index (χ1n) is 7.96. The van der Waals surface area contributed by atoms with E-state index >= 15 is 0 Å². The molecular formula is C19H12N4O2S. The number of benzene rings is 2. The molecule has 5 rings (SSSR count). The first-order valence-corrected chi connectivity index (χ1v) is 8.91. The third kappa shape index (κ3) is 2.37. The summed E-state index contributed by atoms with van der Waals surface area (Å²) in [5.74, 6) is 1.36. The van der Waals surface area contributed by atoms with Gasteiger partial charge in [0.25, 0.3) is 5.52 Å². The minimum Gasteiger partial charge on any atom is -0.594 e. The molecule has 6 nitrogen and oxygen atoms in total. The fourth-order valence-electron chi connectivity index (χ4n) is 2.90. The van der Waals surface area contributed by atoms with Crippen LogP contribution < -0.4 is 9.58 Å². The summed E-state index contributed by atoms with van der Waals surface area (Å²) in [6.07, 6.45) is 1.73. The van der Waals surface area contributed by atoms with Gasteiger partial charge in [-0.25, -0.2) is 4.52 Å². The Morgan fingerprint density at radius 1 is 1.04 bits per heavy atom. The molecule has 126 valence electrons. The number of fused-ring (bicyclic) bond motifs is 3. The normalized spacial score (nSPS) is 11.2. The number of aromatic nitrogens is 4. The highest BCUT2D eigenvalue weighted by molar-refractivity contribution is 7.08. The Morgan fingerprint density at radius 3 is 2.73 bits per heavy atom. The van der Waals surface area contributed by atoms with Gasteiger partial charge in [-0.2, -0.15) is 16.4 Å². The summed E-state index contributed by atoms with van der Waals surface area (Å²) in [6, 6.07) is 16.7. The van der Waals surface area contributed by atoms with Crippen molar-refractivity contribution in [2.75, 3.05) is 0 Å². The number of thiophene rings is 1. The van der Waals surface area contributed by atoms with Gasteiger partial charge in [-0.05, 0) is 45.4 Å². The Balaban J connectivity index is 1.70. The molecule has 0 amide bonds. The van der Waals surface area contributed by atoms with E-state index in [4.69, 9.17) is 4.74 Å². The summed E-state index contributed by atoms with van der Waals surface area (Å²) in [7, 11) is 0. The quantitative estimate of drug-likeness (QED) is 0.360. The molecule has 0 atom stereocenters. The lowest BCUT2D eigenvalue weighted by atomic mass is 10.2. The zero-order valence-electron chi connectivity index (χ0n) is 13.4. The van der Waals surface area contributed by atoms with Gasteiger partial charge in [-0.3, -0.25) is 0 Å². The fraction of sp³-hybridized carbons (Fsp3) is 0. The van der Waals surface area contributed by atoms with Crippen LogP contribution in [0.5, 0.6) is 11.5 Å². The van der Waals surface area contributed by atoms with E-state index in [9.17, 15) is 5.21 Å². The smallest absolute Gasteiger partial charge is 0.270 e. The van der Waals surface area contributed by atoms with Gasteiger partial charge in [0.2, 0.25) is 5.65 Å². The van der Waals surface area contributed by atoms with Crippen molar-refractivity contribution in [2.24, 2.45) is 0 Å². The zero-order valence-corrected chi connectivity index (χ0v) is 14.3. The Labute approximate surface area is 152 Å². The maximum atomic E-state index is 12.4. The molecule has 7 heteroatoms. The number of para-hydroxylation sites is 1. The van der Waals surface area contributed by atoms with Crippen LogP contribution in [-0.4, -0.2) is 14.7 Å². The lowest BCUT2D eigenvalue weighted by Gasteiger charge is -2.07. The van der Waals surface area contributed by atoms with E-state index in [1.807, 2.05) is 47.2 Å². The predicted molar refractivity (Wildman–Crippen MR) is 99.3 cm³/mol. The molecule has 0 N–H and O–H groups in total. The highest BCUT2D eigenvalue weighted by Crippen LogP contribution is 2.28.